The summed E-state index contributed by atoms with van der Waals surface area (Å²) in [6.07, 6.45) is 3.38. The van der Waals surface area contributed by atoms with E-state index in [1.54, 1.807) is 12.3 Å². The maximum atomic E-state index is 4.15. The van der Waals surface area contributed by atoms with Crippen molar-refractivity contribution in [1.29, 1.82) is 0 Å². The van der Waals surface area contributed by atoms with E-state index >= 15 is 0 Å². The summed E-state index contributed by atoms with van der Waals surface area (Å²) >= 11 is 0. The fourth-order valence-electron chi connectivity index (χ4n) is 0.926. The number of allylic oxidation sites excluding steroid dienone is 1. The Morgan fingerprint density at radius 2 is 1.91 bits per heavy atom. The maximum Gasteiger partial charge on any atom is 0.0986 e. The average molecular weight is 142 g/mol. The molecule has 2 rings (SSSR count). The highest BCUT2D eigenvalue weighted by atomic mass is 14.8. The van der Waals surface area contributed by atoms with Gasteiger partial charge in [-0.05, 0) is 18.0 Å². The van der Waals surface area contributed by atoms with Crippen molar-refractivity contribution >= 4 is 23.5 Å². The highest BCUT2D eigenvalue weighted by Crippen LogP contribution is 2.26. The van der Waals surface area contributed by atoms with Gasteiger partial charge in [-0.25, -0.2) is 4.99 Å². The molecule has 0 atom stereocenters. The lowest BCUT2D eigenvalue weighted by molar-refractivity contribution is 1.48. The van der Waals surface area contributed by atoms with Gasteiger partial charge in [-0.3, -0.25) is 4.99 Å². The molecule has 2 heteroatoms. The Hall–Kier alpha value is -1.66. The normalized spacial score (nSPS) is 12.7. The first-order valence-electron chi connectivity index (χ1n) is 3.38. The third-order valence-corrected chi connectivity index (χ3v) is 1.43. The van der Waals surface area contributed by atoms with E-state index in [0.717, 1.165) is 11.4 Å². The number of aliphatic imine (C=N–C) groups is 2. The van der Waals surface area contributed by atoms with Crippen molar-refractivity contribution in [3.05, 3.63) is 30.3 Å². The summed E-state index contributed by atoms with van der Waals surface area (Å²) in [5, 5.41) is 0. The Balaban J connectivity index is 2.67. The van der Waals surface area contributed by atoms with Crippen LogP contribution in [0.1, 0.15) is 0 Å². The summed E-state index contributed by atoms with van der Waals surface area (Å²) in [4.78, 5) is 8.21. The second-order valence-electron chi connectivity index (χ2n) is 2.17. The fraction of sp³-hybridized carbons (Fsp3) is 0. The molecule has 0 saturated heterocycles. The standard InChI is InChI=1S/C9H6N2/c1-2-5-9-8(4-1)10-6-3-7-11-9/h1-6H. The van der Waals surface area contributed by atoms with Crippen molar-refractivity contribution in [2.45, 2.75) is 0 Å². The van der Waals surface area contributed by atoms with E-state index < -0.39 is 0 Å². The van der Waals surface area contributed by atoms with Crippen LogP contribution in [-0.2, 0) is 0 Å². The molecule has 11 heavy (non-hydrogen) atoms. The van der Waals surface area contributed by atoms with E-state index in [-0.39, 0.29) is 0 Å². The number of fused-ring (bicyclic) bond motifs is 1. The van der Waals surface area contributed by atoms with Crippen LogP contribution in [0.15, 0.2) is 40.3 Å². The largest absolute Gasteiger partial charge is 0.254 e. The minimum Gasteiger partial charge on any atom is -0.254 e. The van der Waals surface area contributed by atoms with Gasteiger partial charge >= 0.3 is 0 Å². The first-order valence-corrected chi connectivity index (χ1v) is 3.38. The molecule has 0 amide bonds. The number of nitrogens with zero attached hydrogens (tertiary/aromatic N) is 2. The maximum absolute atomic E-state index is 4.15. The van der Waals surface area contributed by atoms with Gasteiger partial charge in [-0.15, -0.1) is 0 Å². The Kier molecular flexibility index (Phi) is 1.39. The van der Waals surface area contributed by atoms with Crippen LogP contribution in [-0.4, -0.2) is 12.1 Å². The molecule has 52 valence electrons. The topological polar surface area (TPSA) is 24.7 Å². The van der Waals surface area contributed by atoms with E-state index in [0.29, 0.717) is 0 Å². The Bertz CT molecular complexity index is 358. The van der Waals surface area contributed by atoms with E-state index in [4.69, 9.17) is 0 Å². The number of benzene rings is 1. The minimum atomic E-state index is 0.873. The monoisotopic (exact) mass is 142 g/mol. The molecule has 2 nitrogen and oxygen atoms in total. The highest BCUT2D eigenvalue weighted by Gasteiger charge is 1.96. The van der Waals surface area contributed by atoms with Gasteiger partial charge in [0.1, 0.15) is 0 Å². The first kappa shape index (κ1) is 6.08. The van der Waals surface area contributed by atoms with Crippen LogP contribution in [0.3, 0.4) is 0 Å². The van der Waals surface area contributed by atoms with Gasteiger partial charge in [0.25, 0.3) is 0 Å². The molecule has 0 aliphatic carbocycles. The zero-order valence-electron chi connectivity index (χ0n) is 5.86. The number of para-hydroxylation sites is 2. The molecule has 0 radical (unpaired) electrons. The predicted molar refractivity (Wildman–Crippen MR) is 46.3 cm³/mol. The predicted octanol–water partition coefficient (Wildman–Crippen LogP) is 2.26. The lowest BCUT2D eigenvalue weighted by Gasteiger charge is -1.94. The molecule has 0 N–H and O–H groups in total. The van der Waals surface area contributed by atoms with Gasteiger partial charge in [-0.2, -0.15) is 0 Å². The molecule has 0 unspecified atom stereocenters. The van der Waals surface area contributed by atoms with Gasteiger partial charge in [0.15, 0.2) is 0 Å². The molecular formula is C9H6N2. The van der Waals surface area contributed by atoms with Crippen molar-refractivity contribution in [2.24, 2.45) is 9.98 Å². The minimum absolute atomic E-state index is 0.873. The van der Waals surface area contributed by atoms with Crippen LogP contribution in [0.2, 0.25) is 0 Å². The van der Waals surface area contributed by atoms with E-state index in [2.05, 4.69) is 15.9 Å². The molecule has 0 saturated carbocycles. The summed E-state index contributed by atoms with van der Waals surface area (Å²) in [5.74, 6) is 2.75. The molecule has 1 aliphatic heterocycles. The summed E-state index contributed by atoms with van der Waals surface area (Å²) < 4.78 is 0. The zero-order chi connectivity index (χ0) is 7.52. The van der Waals surface area contributed by atoms with Crippen molar-refractivity contribution < 1.29 is 0 Å². The molecule has 1 aliphatic rings. The van der Waals surface area contributed by atoms with Gasteiger partial charge in [0.05, 0.1) is 11.4 Å². The molecule has 0 spiro atoms. The molecule has 0 aromatic heterocycles. The smallest absolute Gasteiger partial charge is 0.0986 e. The zero-order valence-corrected chi connectivity index (χ0v) is 5.86. The molecule has 0 bridgehead atoms. The Morgan fingerprint density at radius 1 is 1.09 bits per heavy atom. The summed E-state index contributed by atoms with van der Waals surface area (Å²) in [7, 11) is 0. The van der Waals surface area contributed by atoms with E-state index in [1.165, 1.54) is 0 Å². The molecule has 0 fully saturated rings. The Morgan fingerprint density at radius 3 is 2.82 bits per heavy atom. The van der Waals surface area contributed by atoms with Crippen LogP contribution in [0.25, 0.3) is 0 Å². The second-order valence-corrected chi connectivity index (χ2v) is 2.17. The van der Waals surface area contributed by atoms with Crippen molar-refractivity contribution in [1.82, 2.24) is 0 Å². The molecular weight excluding hydrogens is 136 g/mol. The summed E-state index contributed by atoms with van der Waals surface area (Å²) in [6.45, 7) is 0. The van der Waals surface area contributed by atoms with Gasteiger partial charge < -0.3 is 0 Å². The molecule has 1 aromatic carbocycles. The van der Waals surface area contributed by atoms with Crippen molar-refractivity contribution in [3.8, 4) is 0 Å². The van der Waals surface area contributed by atoms with E-state index in [9.17, 15) is 0 Å². The highest BCUT2D eigenvalue weighted by molar-refractivity contribution is 5.89. The third-order valence-electron chi connectivity index (χ3n) is 1.43. The lowest BCUT2D eigenvalue weighted by atomic mass is 10.3. The molecule has 1 heterocycles. The first-order chi connectivity index (χ1) is 5.47. The summed E-state index contributed by atoms with van der Waals surface area (Å²) in [5.41, 5.74) is 1.77. The Labute approximate surface area is 64.6 Å². The second kappa shape index (κ2) is 2.52. The average Bonchev–Trinajstić information content (AvgIpc) is 2.28. The fourth-order valence-corrected chi connectivity index (χ4v) is 0.926. The van der Waals surface area contributed by atoms with E-state index in [1.807, 2.05) is 24.3 Å². The van der Waals surface area contributed by atoms with Gasteiger partial charge in [0.2, 0.25) is 0 Å². The van der Waals surface area contributed by atoms with Gasteiger partial charge in [0, 0.05) is 12.3 Å². The SMILES string of the molecule is C1=CC=Nc2ccccc2N=1. The van der Waals surface area contributed by atoms with Crippen molar-refractivity contribution in [2.75, 3.05) is 0 Å². The van der Waals surface area contributed by atoms with Crippen LogP contribution >= 0.6 is 0 Å². The lowest BCUT2D eigenvalue weighted by Crippen LogP contribution is -1.64. The van der Waals surface area contributed by atoms with Crippen LogP contribution in [0.5, 0.6) is 0 Å². The number of hydrogen-bond donors (Lipinski definition) is 0. The van der Waals surface area contributed by atoms with Crippen LogP contribution in [0.4, 0.5) is 11.4 Å². The summed E-state index contributed by atoms with van der Waals surface area (Å²) in [6, 6.07) is 7.72. The van der Waals surface area contributed by atoms with Crippen molar-refractivity contribution in [3.63, 3.8) is 0 Å². The van der Waals surface area contributed by atoms with Gasteiger partial charge in [-0.1, -0.05) is 12.1 Å². The number of hydrogen-bond acceptors (Lipinski definition) is 2. The third kappa shape index (κ3) is 1.11. The molecule has 1 aromatic rings. The van der Waals surface area contributed by atoms with Crippen LogP contribution in [0, 0.1) is 0 Å². The van der Waals surface area contributed by atoms with Crippen LogP contribution < -0.4 is 0 Å². The number of rotatable bonds is 0. The quantitative estimate of drug-likeness (QED) is 0.530.